The van der Waals surface area contributed by atoms with E-state index < -0.39 is 0 Å². The average Bonchev–Trinajstić information content (AvgIpc) is 2.86. The van der Waals surface area contributed by atoms with E-state index in [2.05, 4.69) is 30.8 Å². The fraction of sp³-hybridized carbons (Fsp3) is 0.200. The Morgan fingerprint density at radius 2 is 2.50 bits per heavy atom. The van der Waals surface area contributed by atoms with Gasteiger partial charge in [0.25, 0.3) is 0 Å². The molecule has 0 fully saturated rings. The molecule has 74 valence electrons. The number of hydrogen-bond acceptors (Lipinski definition) is 8. The van der Waals surface area contributed by atoms with Crippen LogP contribution >= 0.6 is 23.1 Å². The molecular formula is C5H7N7S2. The van der Waals surface area contributed by atoms with E-state index in [1.807, 2.05) is 0 Å². The summed E-state index contributed by atoms with van der Waals surface area (Å²) in [5.74, 6) is 5.88. The molecule has 2 rings (SSSR count). The Morgan fingerprint density at radius 3 is 3.14 bits per heavy atom. The van der Waals surface area contributed by atoms with Gasteiger partial charge in [-0.05, 0) is 0 Å². The van der Waals surface area contributed by atoms with E-state index in [0.717, 1.165) is 10.2 Å². The molecular weight excluding hydrogens is 222 g/mol. The molecule has 0 bridgehead atoms. The number of nitrogen functional groups attached to an aromatic ring is 1. The van der Waals surface area contributed by atoms with Gasteiger partial charge in [0.15, 0.2) is 5.16 Å². The zero-order valence-electron chi connectivity index (χ0n) is 6.97. The number of anilines is 1. The van der Waals surface area contributed by atoms with Crippen molar-refractivity contribution in [3.63, 3.8) is 0 Å². The summed E-state index contributed by atoms with van der Waals surface area (Å²) >= 11 is 2.93. The molecule has 14 heavy (non-hydrogen) atoms. The standard InChI is InChI=1S/C5H7N7S2/c6-9-5-12-10-3(14-5)1-13-4-7-2-8-11-4/h2H,1,6H2,(H,9,12)(H,7,8,11). The van der Waals surface area contributed by atoms with Gasteiger partial charge < -0.3 is 0 Å². The van der Waals surface area contributed by atoms with Crippen LogP contribution in [0.5, 0.6) is 0 Å². The van der Waals surface area contributed by atoms with E-state index in [-0.39, 0.29) is 0 Å². The average molecular weight is 229 g/mol. The number of hydrogen-bond donors (Lipinski definition) is 3. The molecule has 0 aromatic carbocycles. The largest absolute Gasteiger partial charge is 0.298 e. The van der Waals surface area contributed by atoms with E-state index in [4.69, 9.17) is 5.84 Å². The van der Waals surface area contributed by atoms with Crippen molar-refractivity contribution in [3.05, 3.63) is 11.3 Å². The van der Waals surface area contributed by atoms with Crippen molar-refractivity contribution in [2.75, 3.05) is 5.43 Å². The Kier molecular flexibility index (Phi) is 2.91. The number of rotatable bonds is 4. The zero-order chi connectivity index (χ0) is 9.80. The minimum absolute atomic E-state index is 0.609. The fourth-order valence-corrected chi connectivity index (χ4v) is 2.18. The molecule has 0 aliphatic rings. The highest BCUT2D eigenvalue weighted by Crippen LogP contribution is 2.22. The van der Waals surface area contributed by atoms with Crippen molar-refractivity contribution in [3.8, 4) is 0 Å². The maximum absolute atomic E-state index is 5.18. The van der Waals surface area contributed by atoms with Crippen molar-refractivity contribution in [2.45, 2.75) is 10.9 Å². The normalized spacial score (nSPS) is 10.4. The van der Waals surface area contributed by atoms with Crippen LogP contribution in [0.2, 0.25) is 0 Å². The summed E-state index contributed by atoms with van der Waals surface area (Å²) in [5.41, 5.74) is 2.44. The molecule has 7 nitrogen and oxygen atoms in total. The molecule has 0 saturated carbocycles. The second kappa shape index (κ2) is 4.35. The van der Waals surface area contributed by atoms with Crippen LogP contribution in [0.1, 0.15) is 5.01 Å². The second-order valence-corrected chi connectivity index (χ2v) is 4.25. The molecule has 2 heterocycles. The number of H-pyrrole nitrogens is 1. The first-order chi connectivity index (χ1) is 6.88. The molecule has 9 heteroatoms. The van der Waals surface area contributed by atoms with Gasteiger partial charge in [0, 0.05) is 0 Å². The van der Waals surface area contributed by atoms with Gasteiger partial charge >= 0.3 is 0 Å². The highest BCUT2D eigenvalue weighted by Gasteiger charge is 2.04. The predicted octanol–water partition coefficient (Wildman–Crippen LogP) is 0.234. The van der Waals surface area contributed by atoms with Gasteiger partial charge in [-0.25, -0.2) is 10.8 Å². The van der Waals surface area contributed by atoms with E-state index in [1.54, 1.807) is 0 Å². The Balaban J connectivity index is 1.92. The fourth-order valence-electron chi connectivity index (χ4n) is 0.764. The quantitative estimate of drug-likeness (QED) is 0.391. The van der Waals surface area contributed by atoms with Crippen LogP contribution in [0.4, 0.5) is 5.13 Å². The van der Waals surface area contributed by atoms with Gasteiger partial charge in [-0.15, -0.1) is 10.2 Å². The number of aromatic amines is 1. The zero-order valence-corrected chi connectivity index (χ0v) is 8.60. The number of aromatic nitrogens is 5. The second-order valence-electron chi connectivity index (χ2n) is 2.22. The maximum atomic E-state index is 5.18. The Bertz CT molecular complexity index is 382. The lowest BCUT2D eigenvalue weighted by Gasteiger charge is -1.90. The molecule has 2 aromatic heterocycles. The van der Waals surface area contributed by atoms with Crippen molar-refractivity contribution in [1.82, 2.24) is 25.4 Å². The van der Waals surface area contributed by atoms with Crippen LogP contribution in [-0.4, -0.2) is 25.4 Å². The van der Waals surface area contributed by atoms with E-state index in [0.29, 0.717) is 10.9 Å². The molecule has 0 aliphatic heterocycles. The molecule has 0 spiro atoms. The lowest BCUT2D eigenvalue weighted by molar-refractivity contribution is 0.969. The summed E-state index contributed by atoms with van der Waals surface area (Å²) in [6.07, 6.45) is 1.47. The summed E-state index contributed by atoms with van der Waals surface area (Å²) in [6, 6.07) is 0. The number of thioether (sulfide) groups is 1. The molecule has 0 amide bonds. The molecule has 0 aliphatic carbocycles. The molecule has 2 aromatic rings. The summed E-state index contributed by atoms with van der Waals surface area (Å²) < 4.78 is 0. The van der Waals surface area contributed by atoms with Crippen LogP contribution in [0, 0.1) is 0 Å². The maximum Gasteiger partial charge on any atom is 0.219 e. The van der Waals surface area contributed by atoms with E-state index in [9.17, 15) is 0 Å². The Labute approximate surface area is 87.5 Å². The highest BCUT2D eigenvalue weighted by molar-refractivity contribution is 7.98. The third-order valence-electron chi connectivity index (χ3n) is 1.32. The van der Waals surface area contributed by atoms with Crippen LogP contribution in [-0.2, 0) is 5.75 Å². The third-order valence-corrected chi connectivity index (χ3v) is 3.24. The first kappa shape index (κ1) is 9.37. The molecule has 0 saturated heterocycles. The van der Waals surface area contributed by atoms with Gasteiger partial charge in [-0.2, -0.15) is 5.10 Å². The van der Waals surface area contributed by atoms with Gasteiger partial charge in [-0.1, -0.05) is 23.1 Å². The minimum Gasteiger partial charge on any atom is -0.298 e. The number of nitrogens with zero attached hydrogens (tertiary/aromatic N) is 4. The monoisotopic (exact) mass is 229 g/mol. The van der Waals surface area contributed by atoms with Gasteiger partial charge in [-0.3, -0.25) is 10.5 Å². The number of nitrogens with two attached hydrogens (primary N) is 1. The summed E-state index contributed by atoms with van der Waals surface area (Å²) in [4.78, 5) is 3.97. The molecule has 0 unspecified atom stereocenters. The minimum atomic E-state index is 0.609. The summed E-state index contributed by atoms with van der Waals surface area (Å²) in [5, 5.41) is 16.5. The van der Waals surface area contributed by atoms with E-state index >= 15 is 0 Å². The van der Waals surface area contributed by atoms with Crippen molar-refractivity contribution >= 4 is 28.2 Å². The van der Waals surface area contributed by atoms with Crippen LogP contribution in [0.15, 0.2) is 11.5 Å². The van der Waals surface area contributed by atoms with Crippen molar-refractivity contribution in [1.29, 1.82) is 0 Å². The first-order valence-electron chi connectivity index (χ1n) is 3.65. The number of hydrazine groups is 1. The summed E-state index contributed by atoms with van der Waals surface area (Å²) in [6.45, 7) is 0. The van der Waals surface area contributed by atoms with Gasteiger partial charge in [0.1, 0.15) is 11.3 Å². The van der Waals surface area contributed by atoms with Gasteiger partial charge in [0.05, 0.1) is 5.75 Å². The number of nitrogens with one attached hydrogen (secondary N) is 2. The molecule has 0 radical (unpaired) electrons. The molecule has 0 atom stereocenters. The van der Waals surface area contributed by atoms with E-state index in [1.165, 1.54) is 29.4 Å². The SMILES string of the molecule is NNc1nnc(CSc2ncn[nH]2)s1. The molecule has 4 N–H and O–H groups in total. The lowest BCUT2D eigenvalue weighted by Crippen LogP contribution is -2.05. The predicted molar refractivity (Wildman–Crippen MR) is 53.7 cm³/mol. The lowest BCUT2D eigenvalue weighted by atomic mass is 10.9. The Hall–Kier alpha value is -1.19. The van der Waals surface area contributed by atoms with Crippen molar-refractivity contribution in [2.24, 2.45) is 5.84 Å². The van der Waals surface area contributed by atoms with Crippen LogP contribution in [0.3, 0.4) is 0 Å². The van der Waals surface area contributed by atoms with Crippen LogP contribution < -0.4 is 11.3 Å². The Morgan fingerprint density at radius 1 is 1.57 bits per heavy atom. The topological polar surface area (TPSA) is 105 Å². The highest BCUT2D eigenvalue weighted by atomic mass is 32.2. The van der Waals surface area contributed by atoms with Crippen molar-refractivity contribution < 1.29 is 0 Å². The first-order valence-corrected chi connectivity index (χ1v) is 5.46. The van der Waals surface area contributed by atoms with Gasteiger partial charge in [0.2, 0.25) is 5.13 Å². The smallest absolute Gasteiger partial charge is 0.219 e. The summed E-state index contributed by atoms with van der Waals surface area (Å²) in [7, 11) is 0. The third kappa shape index (κ3) is 2.19. The van der Waals surface area contributed by atoms with Crippen LogP contribution in [0.25, 0.3) is 0 Å².